The summed E-state index contributed by atoms with van der Waals surface area (Å²) >= 11 is 0. The van der Waals surface area contributed by atoms with Gasteiger partial charge >= 0.3 is 0 Å². The SMILES string of the molecule is COCCOCC(=O)Nc1cccc(C#CCN)n1. The minimum absolute atomic E-state index is 0.0380. The lowest BCUT2D eigenvalue weighted by molar-refractivity contribution is -0.121. The van der Waals surface area contributed by atoms with Crippen LogP contribution in [0.25, 0.3) is 0 Å². The number of carbonyl (C=O) groups excluding carboxylic acids is 1. The maximum absolute atomic E-state index is 11.5. The van der Waals surface area contributed by atoms with E-state index in [2.05, 4.69) is 22.1 Å². The number of nitrogens with two attached hydrogens (primary N) is 1. The molecule has 1 amide bonds. The molecular formula is C13H17N3O3. The Morgan fingerprint density at radius 2 is 2.32 bits per heavy atom. The molecule has 3 N–H and O–H groups in total. The van der Waals surface area contributed by atoms with Crippen molar-refractivity contribution < 1.29 is 14.3 Å². The molecule has 19 heavy (non-hydrogen) atoms. The lowest BCUT2D eigenvalue weighted by Crippen LogP contribution is -2.20. The topological polar surface area (TPSA) is 86.5 Å². The zero-order chi connectivity index (χ0) is 13.9. The lowest BCUT2D eigenvalue weighted by atomic mass is 10.3. The molecule has 102 valence electrons. The molecule has 1 aromatic rings. The van der Waals surface area contributed by atoms with Crippen LogP contribution in [0, 0.1) is 11.8 Å². The first-order valence-corrected chi connectivity index (χ1v) is 5.78. The summed E-state index contributed by atoms with van der Waals surface area (Å²) < 4.78 is 9.89. The number of aromatic nitrogens is 1. The van der Waals surface area contributed by atoms with Gasteiger partial charge < -0.3 is 20.5 Å². The standard InChI is InChI=1S/C13H17N3O3/c1-18-8-9-19-10-13(17)16-12-6-2-4-11(15-12)5-3-7-14/h2,4,6H,7-10,14H2,1H3,(H,15,16,17). The number of rotatable bonds is 6. The average Bonchev–Trinajstić information content (AvgIpc) is 2.42. The van der Waals surface area contributed by atoms with Gasteiger partial charge in [0.25, 0.3) is 5.91 Å². The summed E-state index contributed by atoms with van der Waals surface area (Å²) in [5.74, 6) is 5.65. The van der Waals surface area contributed by atoms with Crippen molar-refractivity contribution in [3.05, 3.63) is 23.9 Å². The van der Waals surface area contributed by atoms with Crippen LogP contribution in [0.2, 0.25) is 0 Å². The van der Waals surface area contributed by atoms with Crippen LogP contribution in [0.3, 0.4) is 0 Å². The maximum Gasteiger partial charge on any atom is 0.251 e. The van der Waals surface area contributed by atoms with E-state index in [4.69, 9.17) is 15.2 Å². The number of pyridine rings is 1. The summed E-state index contributed by atoms with van der Waals surface area (Å²) in [6, 6.07) is 5.18. The smallest absolute Gasteiger partial charge is 0.251 e. The average molecular weight is 263 g/mol. The number of amides is 1. The Morgan fingerprint density at radius 3 is 3.05 bits per heavy atom. The second-order valence-electron chi connectivity index (χ2n) is 3.51. The van der Waals surface area contributed by atoms with Crippen LogP contribution in [0.1, 0.15) is 5.69 Å². The van der Waals surface area contributed by atoms with Crippen LogP contribution < -0.4 is 11.1 Å². The number of nitrogens with zero attached hydrogens (tertiary/aromatic N) is 1. The van der Waals surface area contributed by atoms with Crippen molar-refractivity contribution in [3.63, 3.8) is 0 Å². The summed E-state index contributed by atoms with van der Waals surface area (Å²) in [5.41, 5.74) is 5.84. The fourth-order valence-electron chi connectivity index (χ4n) is 1.20. The van der Waals surface area contributed by atoms with Crippen LogP contribution in [0.4, 0.5) is 5.82 Å². The van der Waals surface area contributed by atoms with Crippen LogP contribution in [0.15, 0.2) is 18.2 Å². The number of nitrogens with one attached hydrogen (secondary N) is 1. The minimum Gasteiger partial charge on any atom is -0.382 e. The summed E-state index contributed by atoms with van der Waals surface area (Å²) in [4.78, 5) is 15.7. The van der Waals surface area contributed by atoms with Crippen molar-refractivity contribution in [2.45, 2.75) is 0 Å². The molecule has 1 heterocycles. The molecule has 0 unspecified atom stereocenters. The first kappa shape index (κ1) is 15.1. The second-order valence-corrected chi connectivity index (χ2v) is 3.51. The molecule has 0 aliphatic carbocycles. The number of anilines is 1. The molecule has 1 rings (SSSR count). The summed E-state index contributed by atoms with van der Waals surface area (Å²) in [6.45, 7) is 1.06. The Morgan fingerprint density at radius 1 is 1.47 bits per heavy atom. The van der Waals surface area contributed by atoms with E-state index in [9.17, 15) is 4.79 Å². The van der Waals surface area contributed by atoms with Crippen LogP contribution in [-0.4, -0.2) is 44.4 Å². The van der Waals surface area contributed by atoms with Gasteiger partial charge in [-0.3, -0.25) is 4.79 Å². The third-order valence-corrected chi connectivity index (χ3v) is 2.00. The lowest BCUT2D eigenvalue weighted by Gasteiger charge is -2.05. The van der Waals surface area contributed by atoms with Gasteiger partial charge in [-0.1, -0.05) is 12.0 Å². The van der Waals surface area contributed by atoms with Crippen LogP contribution >= 0.6 is 0 Å². The maximum atomic E-state index is 11.5. The summed E-state index contributed by atoms with van der Waals surface area (Å²) in [7, 11) is 1.57. The zero-order valence-electron chi connectivity index (χ0n) is 10.8. The predicted molar refractivity (Wildman–Crippen MR) is 71.5 cm³/mol. The van der Waals surface area contributed by atoms with Crippen LogP contribution in [0.5, 0.6) is 0 Å². The first-order chi connectivity index (χ1) is 9.26. The van der Waals surface area contributed by atoms with E-state index in [0.29, 0.717) is 24.7 Å². The Bertz CT molecular complexity index is 466. The Balaban J connectivity index is 2.45. The number of hydrogen-bond donors (Lipinski definition) is 2. The molecule has 0 saturated carbocycles. The van der Waals surface area contributed by atoms with Crippen LogP contribution in [-0.2, 0) is 14.3 Å². The highest BCUT2D eigenvalue weighted by molar-refractivity contribution is 5.90. The largest absolute Gasteiger partial charge is 0.382 e. The Kier molecular flexibility index (Phi) is 7.20. The van der Waals surface area contributed by atoms with E-state index in [0.717, 1.165) is 0 Å². The Labute approximate surface area is 112 Å². The molecule has 0 bridgehead atoms. The van der Waals surface area contributed by atoms with Gasteiger partial charge in [0.15, 0.2) is 0 Å². The molecule has 1 aromatic heterocycles. The molecule has 0 spiro atoms. The van der Waals surface area contributed by atoms with Gasteiger partial charge in [-0.05, 0) is 18.1 Å². The molecule has 0 aliphatic rings. The molecule has 6 heteroatoms. The number of hydrogen-bond acceptors (Lipinski definition) is 5. The van der Waals surface area contributed by atoms with Crippen molar-refractivity contribution in [1.29, 1.82) is 0 Å². The molecule has 0 aromatic carbocycles. The molecule has 0 atom stereocenters. The van der Waals surface area contributed by atoms with E-state index in [-0.39, 0.29) is 19.1 Å². The van der Waals surface area contributed by atoms with Gasteiger partial charge in [0.2, 0.25) is 0 Å². The molecule has 0 saturated heterocycles. The highest BCUT2D eigenvalue weighted by Crippen LogP contribution is 2.03. The van der Waals surface area contributed by atoms with E-state index >= 15 is 0 Å². The normalized spacial score (nSPS) is 9.58. The van der Waals surface area contributed by atoms with Gasteiger partial charge in [0.1, 0.15) is 18.1 Å². The molecule has 0 radical (unpaired) electrons. The fourth-order valence-corrected chi connectivity index (χ4v) is 1.20. The third-order valence-electron chi connectivity index (χ3n) is 2.00. The van der Waals surface area contributed by atoms with Crippen molar-refractivity contribution in [1.82, 2.24) is 4.98 Å². The molecule has 6 nitrogen and oxygen atoms in total. The second kappa shape index (κ2) is 9.05. The monoisotopic (exact) mass is 263 g/mol. The number of methoxy groups -OCH3 is 1. The van der Waals surface area contributed by atoms with Gasteiger partial charge in [-0.15, -0.1) is 0 Å². The van der Waals surface area contributed by atoms with Gasteiger partial charge in [-0.2, -0.15) is 0 Å². The fraction of sp³-hybridized carbons (Fsp3) is 0.385. The molecular weight excluding hydrogens is 246 g/mol. The number of carbonyl (C=O) groups is 1. The highest BCUT2D eigenvalue weighted by Gasteiger charge is 2.03. The van der Waals surface area contributed by atoms with E-state index in [1.165, 1.54) is 0 Å². The summed E-state index contributed by atoms with van der Waals surface area (Å²) in [6.07, 6.45) is 0. The third kappa shape index (κ3) is 6.52. The van der Waals surface area contributed by atoms with E-state index < -0.39 is 0 Å². The van der Waals surface area contributed by atoms with Crippen molar-refractivity contribution in [3.8, 4) is 11.8 Å². The van der Waals surface area contributed by atoms with Crippen molar-refractivity contribution in [2.24, 2.45) is 5.73 Å². The van der Waals surface area contributed by atoms with Gasteiger partial charge in [0, 0.05) is 7.11 Å². The molecule has 0 fully saturated rings. The van der Waals surface area contributed by atoms with Crippen molar-refractivity contribution >= 4 is 11.7 Å². The zero-order valence-corrected chi connectivity index (χ0v) is 10.8. The highest BCUT2D eigenvalue weighted by atomic mass is 16.5. The minimum atomic E-state index is -0.271. The number of ether oxygens (including phenoxy) is 2. The first-order valence-electron chi connectivity index (χ1n) is 5.78. The molecule has 0 aliphatic heterocycles. The summed E-state index contributed by atoms with van der Waals surface area (Å²) in [5, 5.41) is 2.62. The predicted octanol–water partition coefficient (Wildman–Crippen LogP) is -0.00670. The Hall–Kier alpha value is -1.94. The van der Waals surface area contributed by atoms with Crippen molar-refractivity contribution in [2.75, 3.05) is 38.8 Å². The van der Waals surface area contributed by atoms with Gasteiger partial charge in [-0.25, -0.2) is 4.98 Å². The quantitative estimate of drug-likeness (QED) is 0.557. The van der Waals surface area contributed by atoms with Gasteiger partial charge in [0.05, 0.1) is 19.8 Å². The van der Waals surface area contributed by atoms with E-state index in [1.54, 1.807) is 25.3 Å². The van der Waals surface area contributed by atoms with E-state index in [1.807, 2.05) is 0 Å².